The normalized spacial score (nSPS) is 28.7. The Morgan fingerprint density at radius 1 is 1.30 bits per heavy atom. The Balaban J connectivity index is 1.49. The Bertz CT molecular complexity index is 641. The van der Waals surface area contributed by atoms with Crippen molar-refractivity contribution in [3.8, 4) is 0 Å². The number of rotatable bonds is 2. The van der Waals surface area contributed by atoms with Crippen LogP contribution in [0.15, 0.2) is 23.7 Å². The topological polar surface area (TPSA) is 54.0 Å². The van der Waals surface area contributed by atoms with Crippen LogP contribution < -0.4 is 10.6 Å². The van der Waals surface area contributed by atoms with E-state index in [1.165, 1.54) is 12.8 Å². The Morgan fingerprint density at radius 3 is 2.90 bits per heavy atom. The van der Waals surface area contributed by atoms with Crippen molar-refractivity contribution < 1.29 is 4.79 Å². The van der Waals surface area contributed by atoms with Crippen LogP contribution in [-0.2, 0) is 0 Å². The third-order valence-electron chi connectivity index (χ3n) is 4.40. The van der Waals surface area contributed by atoms with Gasteiger partial charge in [-0.25, -0.2) is 4.98 Å². The van der Waals surface area contributed by atoms with Crippen molar-refractivity contribution in [3.63, 3.8) is 0 Å². The van der Waals surface area contributed by atoms with E-state index in [0.717, 1.165) is 28.6 Å². The number of benzene rings is 1. The molecule has 20 heavy (non-hydrogen) atoms. The fourth-order valence-electron chi connectivity index (χ4n) is 3.44. The van der Waals surface area contributed by atoms with Gasteiger partial charge < -0.3 is 10.6 Å². The van der Waals surface area contributed by atoms with E-state index in [0.29, 0.717) is 18.1 Å². The first-order valence-electron chi connectivity index (χ1n) is 7.18. The van der Waals surface area contributed by atoms with E-state index in [1.807, 2.05) is 23.7 Å². The number of carbonyl (C=O) groups excluding carboxylic acids is 1. The summed E-state index contributed by atoms with van der Waals surface area (Å²) in [6.07, 6.45) is 4.63. The molecular formula is C15H17N3OS. The molecular weight excluding hydrogens is 270 g/mol. The largest absolute Gasteiger partial charge is 0.349 e. The molecule has 0 radical (unpaired) electrons. The van der Waals surface area contributed by atoms with E-state index < -0.39 is 0 Å². The molecule has 2 aliphatic heterocycles. The summed E-state index contributed by atoms with van der Waals surface area (Å²) >= 11 is 1.57. The second kappa shape index (κ2) is 4.82. The number of piperidine rings is 1. The lowest BCUT2D eigenvalue weighted by molar-refractivity contribution is 0.0924. The zero-order valence-corrected chi connectivity index (χ0v) is 12.0. The van der Waals surface area contributed by atoms with Gasteiger partial charge in [0.15, 0.2) is 0 Å². The molecule has 2 aromatic rings. The third kappa shape index (κ3) is 2.21. The van der Waals surface area contributed by atoms with Gasteiger partial charge in [0.2, 0.25) is 0 Å². The molecule has 0 aliphatic carbocycles. The number of carbonyl (C=O) groups is 1. The maximum Gasteiger partial charge on any atom is 0.251 e. The molecule has 2 bridgehead atoms. The molecule has 1 aromatic carbocycles. The number of amides is 1. The van der Waals surface area contributed by atoms with Crippen molar-refractivity contribution in [2.45, 2.75) is 43.8 Å². The molecule has 2 aliphatic rings. The second-order valence-corrected chi connectivity index (χ2v) is 6.70. The van der Waals surface area contributed by atoms with Crippen molar-refractivity contribution in [1.29, 1.82) is 0 Å². The molecule has 3 heterocycles. The number of thiazole rings is 1. The molecule has 104 valence electrons. The highest BCUT2D eigenvalue weighted by molar-refractivity contribution is 7.16. The van der Waals surface area contributed by atoms with Gasteiger partial charge in [-0.3, -0.25) is 4.79 Å². The molecule has 4 nitrogen and oxygen atoms in total. The number of fused-ring (bicyclic) bond motifs is 3. The quantitative estimate of drug-likeness (QED) is 0.891. The van der Waals surface area contributed by atoms with E-state index in [-0.39, 0.29) is 5.91 Å². The van der Waals surface area contributed by atoms with Gasteiger partial charge in [-0.2, -0.15) is 0 Å². The SMILES string of the molecule is O=C(NC1CC2CCC(C1)N2)c1ccc2ncsc2c1. The van der Waals surface area contributed by atoms with Crippen molar-refractivity contribution >= 4 is 27.5 Å². The first-order chi connectivity index (χ1) is 9.78. The van der Waals surface area contributed by atoms with Crippen molar-refractivity contribution in [2.75, 3.05) is 0 Å². The molecule has 2 saturated heterocycles. The van der Waals surface area contributed by atoms with Gasteiger partial charge in [0.05, 0.1) is 15.7 Å². The smallest absolute Gasteiger partial charge is 0.251 e. The molecule has 2 fully saturated rings. The Labute approximate surface area is 121 Å². The van der Waals surface area contributed by atoms with E-state index in [9.17, 15) is 4.79 Å². The maximum absolute atomic E-state index is 12.4. The number of hydrogen-bond donors (Lipinski definition) is 2. The molecule has 1 aromatic heterocycles. The second-order valence-electron chi connectivity index (χ2n) is 5.81. The molecule has 0 spiro atoms. The summed E-state index contributed by atoms with van der Waals surface area (Å²) in [5.41, 5.74) is 3.52. The van der Waals surface area contributed by atoms with Crippen LogP contribution in [0, 0.1) is 0 Å². The zero-order chi connectivity index (χ0) is 13.5. The summed E-state index contributed by atoms with van der Waals surface area (Å²) in [4.78, 5) is 16.6. The summed E-state index contributed by atoms with van der Waals surface area (Å²) in [6.45, 7) is 0. The lowest BCUT2D eigenvalue weighted by Gasteiger charge is -2.29. The van der Waals surface area contributed by atoms with Crippen LogP contribution in [0.25, 0.3) is 10.2 Å². The Kier molecular flexibility index (Phi) is 2.97. The lowest BCUT2D eigenvalue weighted by Crippen LogP contribution is -2.48. The van der Waals surface area contributed by atoms with E-state index >= 15 is 0 Å². The van der Waals surface area contributed by atoms with Crippen LogP contribution in [0.1, 0.15) is 36.0 Å². The number of aromatic nitrogens is 1. The molecule has 5 heteroatoms. The van der Waals surface area contributed by atoms with Crippen molar-refractivity contribution in [2.24, 2.45) is 0 Å². The van der Waals surface area contributed by atoms with Gasteiger partial charge >= 0.3 is 0 Å². The average molecular weight is 287 g/mol. The van der Waals surface area contributed by atoms with Crippen LogP contribution in [0.5, 0.6) is 0 Å². The summed E-state index contributed by atoms with van der Waals surface area (Å²) in [5, 5.41) is 6.79. The molecule has 4 rings (SSSR count). The Hall–Kier alpha value is -1.46. The number of hydrogen-bond acceptors (Lipinski definition) is 4. The van der Waals surface area contributed by atoms with E-state index in [1.54, 1.807) is 11.3 Å². The molecule has 2 N–H and O–H groups in total. The van der Waals surface area contributed by atoms with Gasteiger partial charge in [0.25, 0.3) is 5.91 Å². The minimum atomic E-state index is 0.0478. The van der Waals surface area contributed by atoms with Crippen LogP contribution in [0.3, 0.4) is 0 Å². The van der Waals surface area contributed by atoms with Crippen LogP contribution in [-0.4, -0.2) is 29.0 Å². The van der Waals surface area contributed by atoms with Crippen LogP contribution in [0.4, 0.5) is 0 Å². The average Bonchev–Trinajstić information content (AvgIpc) is 3.04. The van der Waals surface area contributed by atoms with Gasteiger partial charge in [-0.15, -0.1) is 11.3 Å². The maximum atomic E-state index is 12.4. The predicted octanol–water partition coefficient (Wildman–Crippen LogP) is 2.31. The highest BCUT2D eigenvalue weighted by atomic mass is 32.1. The van der Waals surface area contributed by atoms with Gasteiger partial charge in [0, 0.05) is 23.7 Å². The van der Waals surface area contributed by atoms with Crippen LogP contribution >= 0.6 is 11.3 Å². The predicted molar refractivity (Wildman–Crippen MR) is 80.1 cm³/mol. The highest BCUT2D eigenvalue weighted by Crippen LogP contribution is 2.27. The fraction of sp³-hybridized carbons (Fsp3) is 0.467. The molecule has 0 saturated carbocycles. The molecule has 2 atom stereocenters. The van der Waals surface area contributed by atoms with Crippen molar-refractivity contribution in [3.05, 3.63) is 29.3 Å². The minimum absolute atomic E-state index is 0.0478. The van der Waals surface area contributed by atoms with Gasteiger partial charge in [-0.05, 0) is 43.9 Å². The monoisotopic (exact) mass is 287 g/mol. The summed E-state index contributed by atoms with van der Waals surface area (Å²) in [6, 6.07) is 7.25. The fourth-order valence-corrected chi connectivity index (χ4v) is 4.16. The van der Waals surface area contributed by atoms with E-state index in [4.69, 9.17) is 0 Å². The zero-order valence-electron chi connectivity index (χ0n) is 11.1. The van der Waals surface area contributed by atoms with Crippen molar-refractivity contribution in [1.82, 2.24) is 15.6 Å². The molecule has 1 amide bonds. The summed E-state index contributed by atoms with van der Waals surface area (Å²) in [5.74, 6) is 0.0478. The molecule has 2 unspecified atom stereocenters. The summed E-state index contributed by atoms with van der Waals surface area (Å²) < 4.78 is 1.07. The minimum Gasteiger partial charge on any atom is -0.349 e. The van der Waals surface area contributed by atoms with Gasteiger partial charge in [0.1, 0.15) is 0 Å². The highest BCUT2D eigenvalue weighted by Gasteiger charge is 2.34. The summed E-state index contributed by atoms with van der Waals surface area (Å²) in [7, 11) is 0. The Morgan fingerprint density at radius 2 is 2.10 bits per heavy atom. The standard InChI is InChI=1S/C15H17N3OS/c19-15(9-1-4-13-14(5-9)20-8-16-13)18-12-6-10-2-3-11(7-12)17-10/h1,4-5,8,10-12,17H,2-3,6-7H2,(H,18,19). The van der Waals surface area contributed by atoms with Crippen LogP contribution in [0.2, 0.25) is 0 Å². The first-order valence-corrected chi connectivity index (χ1v) is 8.06. The lowest BCUT2D eigenvalue weighted by atomic mass is 9.99. The van der Waals surface area contributed by atoms with E-state index in [2.05, 4.69) is 15.6 Å². The number of nitrogens with zero attached hydrogens (tertiary/aromatic N) is 1. The van der Waals surface area contributed by atoms with Gasteiger partial charge in [-0.1, -0.05) is 0 Å². The third-order valence-corrected chi connectivity index (χ3v) is 5.19. The first kappa shape index (κ1) is 12.3. The number of nitrogens with one attached hydrogen (secondary N) is 2.